The maximum absolute atomic E-state index is 13.1. The van der Waals surface area contributed by atoms with E-state index < -0.39 is 21.9 Å². The molecule has 2 saturated heterocycles. The zero-order chi connectivity index (χ0) is 25.2. The largest absolute Gasteiger partial charge is 0.490 e. The van der Waals surface area contributed by atoms with Crippen LogP contribution in [0.2, 0.25) is 10.0 Å². The highest BCUT2D eigenvalue weighted by atomic mass is 35.5. The molecule has 0 aliphatic carbocycles. The van der Waals surface area contributed by atoms with Gasteiger partial charge in [0.2, 0.25) is 0 Å². The van der Waals surface area contributed by atoms with Crippen molar-refractivity contribution in [2.45, 2.75) is 49.1 Å². The summed E-state index contributed by atoms with van der Waals surface area (Å²) in [6, 6.07) is 8.97. The molecule has 2 amide bonds. The van der Waals surface area contributed by atoms with Gasteiger partial charge in [0.15, 0.2) is 0 Å². The molecular weight excluding hydrogens is 516 g/mol. The molecular formula is C24H28Cl2FN3O4S. The van der Waals surface area contributed by atoms with Crippen LogP contribution in [0.3, 0.4) is 0 Å². The van der Waals surface area contributed by atoms with Crippen LogP contribution in [0.1, 0.15) is 32.6 Å². The summed E-state index contributed by atoms with van der Waals surface area (Å²) in [5, 5.41) is 0.963. The topological polar surface area (TPSA) is 79.0 Å². The maximum Gasteiger partial charge on any atom is 0.331 e. The Morgan fingerprint density at radius 2 is 1.66 bits per heavy atom. The summed E-state index contributed by atoms with van der Waals surface area (Å²) < 4.78 is 46.2. The lowest BCUT2D eigenvalue weighted by Crippen LogP contribution is -2.58. The molecule has 0 bridgehead atoms. The molecule has 0 saturated carbocycles. The summed E-state index contributed by atoms with van der Waals surface area (Å²) in [6.45, 7) is 4.82. The number of carbonyl (C=O) groups is 1. The van der Waals surface area contributed by atoms with E-state index in [1.165, 1.54) is 4.90 Å². The Hall–Kier alpha value is -2.07. The van der Waals surface area contributed by atoms with Crippen LogP contribution in [0.5, 0.6) is 5.75 Å². The van der Waals surface area contributed by atoms with E-state index in [1.54, 1.807) is 12.1 Å². The molecule has 7 nitrogen and oxygen atoms in total. The van der Waals surface area contributed by atoms with Crippen LogP contribution in [-0.2, 0) is 10.0 Å². The van der Waals surface area contributed by atoms with Crippen LogP contribution in [-0.4, -0.2) is 62.1 Å². The van der Waals surface area contributed by atoms with Gasteiger partial charge in [0.25, 0.3) is 10.0 Å². The van der Waals surface area contributed by atoms with Crippen LogP contribution in [0, 0.1) is 5.82 Å². The SMILES string of the molecule is CC1(N2CCC(Oc3ccc(Cl)c(Cl)c3)CC2)CCN(C(=O)NS(=O)(=O)c2ccc(F)cc2)CC1. The molecule has 0 atom stereocenters. The van der Waals surface area contributed by atoms with E-state index in [9.17, 15) is 17.6 Å². The summed E-state index contributed by atoms with van der Waals surface area (Å²) in [5.41, 5.74) is -0.0822. The number of piperidine rings is 2. The van der Waals surface area contributed by atoms with E-state index in [-0.39, 0.29) is 16.5 Å². The molecule has 2 aliphatic heterocycles. The molecule has 0 aromatic heterocycles. The standard InChI is InChI=1S/C24H28Cl2FN3O4S/c1-24(30-12-8-18(9-13-30)34-19-4-7-21(25)22(26)16-19)10-14-29(15-11-24)23(31)28-35(32,33)20-5-2-17(27)3-6-20/h2-7,16,18H,8-15H2,1H3,(H,28,31). The number of carbonyl (C=O) groups excluding carboxylic acids is 1. The smallest absolute Gasteiger partial charge is 0.331 e. The number of hydrogen-bond acceptors (Lipinski definition) is 5. The van der Waals surface area contributed by atoms with Crippen LogP contribution >= 0.6 is 23.2 Å². The average molecular weight is 544 g/mol. The van der Waals surface area contributed by atoms with Crippen molar-refractivity contribution in [1.82, 2.24) is 14.5 Å². The van der Waals surface area contributed by atoms with Gasteiger partial charge < -0.3 is 9.64 Å². The van der Waals surface area contributed by atoms with E-state index in [0.29, 0.717) is 28.9 Å². The van der Waals surface area contributed by atoms with Gasteiger partial charge in [0.05, 0.1) is 14.9 Å². The summed E-state index contributed by atoms with van der Waals surface area (Å²) in [5.74, 6) is 0.162. The van der Waals surface area contributed by atoms with Gasteiger partial charge in [-0.3, -0.25) is 4.90 Å². The van der Waals surface area contributed by atoms with Gasteiger partial charge in [-0.15, -0.1) is 0 Å². The van der Waals surface area contributed by atoms with Gasteiger partial charge in [-0.05, 0) is 69.0 Å². The molecule has 4 rings (SSSR count). The summed E-state index contributed by atoms with van der Waals surface area (Å²) >= 11 is 12.1. The van der Waals surface area contributed by atoms with Gasteiger partial charge in [-0.1, -0.05) is 23.2 Å². The minimum absolute atomic E-state index is 0.0822. The zero-order valence-electron chi connectivity index (χ0n) is 19.3. The van der Waals surface area contributed by atoms with Gasteiger partial charge in [0.1, 0.15) is 17.7 Å². The lowest BCUT2D eigenvalue weighted by Gasteiger charge is -2.49. The number of ether oxygens (including phenoxy) is 1. The number of halogens is 3. The van der Waals surface area contributed by atoms with Crippen molar-refractivity contribution < 1.29 is 22.3 Å². The first kappa shape index (κ1) is 26.0. The number of nitrogens with one attached hydrogen (secondary N) is 1. The number of nitrogens with zero attached hydrogens (tertiary/aromatic N) is 2. The second-order valence-electron chi connectivity index (χ2n) is 9.23. The normalized spacial score (nSPS) is 19.4. The van der Waals surface area contributed by atoms with E-state index >= 15 is 0 Å². The lowest BCUT2D eigenvalue weighted by molar-refractivity contribution is 0.00232. The number of likely N-dealkylation sites (tertiary alicyclic amines) is 2. The fourth-order valence-electron chi connectivity index (χ4n) is 4.62. The lowest BCUT2D eigenvalue weighted by atomic mass is 9.86. The van der Waals surface area contributed by atoms with Crippen molar-refractivity contribution in [2.75, 3.05) is 26.2 Å². The molecule has 190 valence electrons. The second kappa shape index (κ2) is 10.5. The molecule has 2 aliphatic rings. The van der Waals surface area contributed by atoms with Gasteiger partial charge >= 0.3 is 6.03 Å². The molecule has 2 fully saturated rings. The highest BCUT2D eigenvalue weighted by Crippen LogP contribution is 2.33. The Balaban J connectivity index is 1.27. The third kappa shape index (κ3) is 6.20. The minimum Gasteiger partial charge on any atom is -0.490 e. The Morgan fingerprint density at radius 1 is 1.03 bits per heavy atom. The first-order valence-corrected chi connectivity index (χ1v) is 13.7. The quantitative estimate of drug-likeness (QED) is 0.578. The molecule has 2 aromatic carbocycles. The van der Waals surface area contributed by atoms with E-state index in [2.05, 4.69) is 16.5 Å². The third-order valence-electron chi connectivity index (χ3n) is 6.87. The monoisotopic (exact) mass is 543 g/mol. The molecule has 11 heteroatoms. The highest BCUT2D eigenvalue weighted by Gasteiger charge is 2.39. The van der Waals surface area contributed by atoms with E-state index in [0.717, 1.165) is 63.0 Å². The number of hydrogen-bond donors (Lipinski definition) is 1. The molecule has 2 aromatic rings. The Bertz CT molecular complexity index is 1160. The molecule has 0 unspecified atom stereocenters. The fraction of sp³-hybridized carbons (Fsp3) is 0.458. The van der Waals surface area contributed by atoms with Crippen molar-refractivity contribution >= 4 is 39.3 Å². The number of amides is 2. The maximum atomic E-state index is 13.1. The van der Waals surface area contributed by atoms with Crippen LogP contribution in [0.15, 0.2) is 47.4 Å². The van der Waals surface area contributed by atoms with Crippen LogP contribution in [0.4, 0.5) is 9.18 Å². The highest BCUT2D eigenvalue weighted by molar-refractivity contribution is 7.90. The number of sulfonamides is 1. The van der Waals surface area contributed by atoms with Gasteiger partial charge in [-0.25, -0.2) is 22.3 Å². The van der Waals surface area contributed by atoms with Crippen LogP contribution < -0.4 is 9.46 Å². The molecule has 1 N–H and O–H groups in total. The van der Waals surface area contributed by atoms with E-state index in [4.69, 9.17) is 27.9 Å². The van der Waals surface area contributed by atoms with Crippen molar-refractivity contribution in [1.29, 1.82) is 0 Å². The summed E-state index contributed by atoms with van der Waals surface area (Å²) in [4.78, 5) is 16.4. The van der Waals surface area contributed by atoms with Crippen molar-refractivity contribution in [3.63, 3.8) is 0 Å². The first-order valence-electron chi connectivity index (χ1n) is 11.5. The molecule has 0 spiro atoms. The van der Waals surface area contributed by atoms with E-state index in [1.807, 2.05) is 6.07 Å². The molecule has 2 heterocycles. The summed E-state index contributed by atoms with van der Waals surface area (Å²) in [7, 11) is -4.06. The predicted octanol–water partition coefficient (Wildman–Crippen LogP) is 4.93. The Morgan fingerprint density at radius 3 is 2.26 bits per heavy atom. The summed E-state index contributed by atoms with van der Waals surface area (Å²) in [6.07, 6.45) is 3.30. The minimum atomic E-state index is -4.06. The second-order valence-corrected chi connectivity index (χ2v) is 11.7. The Labute approximate surface area is 215 Å². The zero-order valence-corrected chi connectivity index (χ0v) is 21.7. The van der Waals surface area contributed by atoms with Crippen molar-refractivity contribution in [2.24, 2.45) is 0 Å². The number of urea groups is 1. The number of benzene rings is 2. The molecule has 0 radical (unpaired) electrons. The average Bonchev–Trinajstić information content (AvgIpc) is 2.82. The predicted molar refractivity (Wildman–Crippen MR) is 133 cm³/mol. The van der Waals surface area contributed by atoms with Gasteiger partial charge in [-0.2, -0.15) is 0 Å². The van der Waals surface area contributed by atoms with Crippen molar-refractivity contribution in [3.05, 3.63) is 58.3 Å². The Kier molecular flexibility index (Phi) is 7.80. The third-order valence-corrected chi connectivity index (χ3v) is 8.95. The fourth-order valence-corrected chi connectivity index (χ4v) is 5.88. The number of rotatable bonds is 5. The van der Waals surface area contributed by atoms with Gasteiger partial charge in [0, 0.05) is 37.8 Å². The molecule has 35 heavy (non-hydrogen) atoms. The van der Waals surface area contributed by atoms with Crippen LogP contribution in [0.25, 0.3) is 0 Å². The van der Waals surface area contributed by atoms with Crippen molar-refractivity contribution in [3.8, 4) is 5.75 Å². The first-order chi connectivity index (χ1) is 16.6.